The Morgan fingerprint density at radius 1 is 0.889 bits per heavy atom. The zero-order valence-corrected chi connectivity index (χ0v) is 8.03. The molecule has 0 heterocycles. The van der Waals surface area contributed by atoms with Crippen LogP contribution in [-0.4, -0.2) is 0 Å². The number of hydrogen-bond acceptors (Lipinski definition) is 2. The molecule has 0 amide bonds. The summed E-state index contributed by atoms with van der Waals surface area (Å²) in [4.78, 5) is 0. The number of rotatable bonds is 0. The maximum atomic E-state index is 8.50. The van der Waals surface area contributed by atoms with E-state index in [1.54, 1.807) is 0 Å². The first-order valence-corrected chi connectivity index (χ1v) is 3.99. The van der Waals surface area contributed by atoms with Crippen molar-refractivity contribution in [2.75, 3.05) is 0 Å². The second-order valence-electron chi connectivity index (χ2n) is 1.24. The fourth-order valence-corrected chi connectivity index (χ4v) is 0. The summed E-state index contributed by atoms with van der Waals surface area (Å²) in [6.45, 7) is 8.00. The molecule has 0 unspecified atom stereocenters. The predicted molar refractivity (Wildman–Crippen MR) is 32.7 cm³/mol. The molecular formula is C6H14O2Ti-2. The van der Waals surface area contributed by atoms with Gasteiger partial charge in [-0.25, -0.2) is 0 Å². The molecule has 0 atom stereocenters. The first-order valence-electron chi connectivity index (χ1n) is 2.72. The monoisotopic (exact) mass is 166 g/mol. The molecule has 0 aromatic carbocycles. The van der Waals surface area contributed by atoms with E-state index < -0.39 is 19.1 Å². The van der Waals surface area contributed by atoms with E-state index in [1.165, 1.54) is 0 Å². The van der Waals surface area contributed by atoms with Crippen LogP contribution < -0.4 is 0 Å². The van der Waals surface area contributed by atoms with Crippen LogP contribution in [0.15, 0.2) is 0 Å². The number of hydrogen-bond donors (Lipinski definition) is 0. The van der Waals surface area contributed by atoms with E-state index in [4.69, 9.17) is 6.65 Å². The van der Waals surface area contributed by atoms with Crippen LogP contribution in [0.3, 0.4) is 0 Å². The van der Waals surface area contributed by atoms with Crippen LogP contribution in [0.4, 0.5) is 0 Å². The molecule has 0 saturated carbocycles. The minimum absolute atomic E-state index is 2.00. The van der Waals surface area contributed by atoms with Crippen LogP contribution in [-0.2, 0) is 25.7 Å². The van der Waals surface area contributed by atoms with E-state index in [0.29, 0.717) is 0 Å². The molecule has 0 rings (SSSR count). The molecule has 0 radical (unpaired) electrons. The summed E-state index contributed by atoms with van der Waals surface area (Å²) in [6, 6.07) is 0. The van der Waals surface area contributed by atoms with Crippen molar-refractivity contribution < 1.29 is 25.7 Å². The molecule has 9 heavy (non-hydrogen) atoms. The van der Waals surface area contributed by atoms with Crippen molar-refractivity contribution in [3.8, 4) is 0 Å². The van der Waals surface area contributed by atoms with Gasteiger partial charge in [-0.15, -0.1) is 0 Å². The molecular weight excluding hydrogens is 152 g/mol. The molecule has 0 fully saturated rings. The molecule has 0 bridgehead atoms. The first kappa shape index (κ1) is 16.1. The molecule has 0 saturated heterocycles. The van der Waals surface area contributed by atoms with E-state index in [1.807, 2.05) is 40.5 Å². The van der Waals surface area contributed by atoms with Gasteiger partial charge in [0.25, 0.3) is 0 Å². The van der Waals surface area contributed by atoms with Gasteiger partial charge < -0.3 is 12.8 Å². The molecule has 0 aliphatic heterocycles. The Balaban J connectivity index is -0.0000000600. The van der Waals surface area contributed by atoms with Crippen molar-refractivity contribution >= 4 is 0 Å². The molecule has 2 nitrogen and oxygen atoms in total. The summed E-state index contributed by atoms with van der Waals surface area (Å²) >= 11 is -2.00. The quantitative estimate of drug-likeness (QED) is 0.408. The van der Waals surface area contributed by atoms with Gasteiger partial charge in [0.15, 0.2) is 0 Å². The molecule has 3 heteroatoms. The molecule has 0 spiro atoms. The Labute approximate surface area is 66.6 Å². The van der Waals surface area contributed by atoms with Crippen molar-refractivity contribution in [2.45, 2.75) is 27.7 Å². The summed E-state index contributed by atoms with van der Waals surface area (Å²) in [5.41, 5.74) is 0. The van der Waals surface area contributed by atoms with Crippen LogP contribution in [0.1, 0.15) is 27.7 Å². The molecule has 0 N–H and O–H groups in total. The minimum atomic E-state index is -2.00. The Bertz CT molecular complexity index is 47.0. The van der Waals surface area contributed by atoms with Gasteiger partial charge in [0.2, 0.25) is 0 Å². The van der Waals surface area contributed by atoms with Crippen LogP contribution in [0, 0.1) is 12.8 Å². The van der Waals surface area contributed by atoms with Gasteiger partial charge in [-0.3, -0.25) is 0 Å². The zero-order valence-electron chi connectivity index (χ0n) is 6.47. The van der Waals surface area contributed by atoms with Crippen LogP contribution >= 0.6 is 0 Å². The fourth-order valence-electron chi connectivity index (χ4n) is 0. The Morgan fingerprint density at radius 2 is 0.889 bits per heavy atom. The SMILES string of the molecule is C[CH-]C.C[CH-]C.[O]=[Ti]=[O]. The van der Waals surface area contributed by atoms with Crippen LogP contribution in [0.5, 0.6) is 0 Å². The topological polar surface area (TPSA) is 34.1 Å². The van der Waals surface area contributed by atoms with E-state index in [9.17, 15) is 0 Å². The fraction of sp³-hybridized carbons (Fsp3) is 0.667. The van der Waals surface area contributed by atoms with Crippen molar-refractivity contribution in [1.82, 2.24) is 0 Å². The predicted octanol–water partition coefficient (Wildman–Crippen LogP) is 2.22. The van der Waals surface area contributed by atoms with E-state index in [0.717, 1.165) is 0 Å². The van der Waals surface area contributed by atoms with Gasteiger partial charge in [-0.1, -0.05) is 0 Å². The van der Waals surface area contributed by atoms with Gasteiger partial charge in [0.1, 0.15) is 0 Å². The van der Waals surface area contributed by atoms with E-state index in [2.05, 4.69) is 0 Å². The van der Waals surface area contributed by atoms with E-state index in [-0.39, 0.29) is 0 Å². The summed E-state index contributed by atoms with van der Waals surface area (Å²) < 4.78 is 17.0. The Hall–Kier alpha value is 0.314. The van der Waals surface area contributed by atoms with Gasteiger partial charge >= 0.3 is 25.7 Å². The third-order valence-electron chi connectivity index (χ3n) is 0. The van der Waals surface area contributed by atoms with Gasteiger partial charge in [-0.05, 0) is 0 Å². The average molecular weight is 166 g/mol. The van der Waals surface area contributed by atoms with Crippen LogP contribution in [0.2, 0.25) is 0 Å². The summed E-state index contributed by atoms with van der Waals surface area (Å²) in [7, 11) is 0. The molecule has 0 aromatic heterocycles. The Kier molecular flexibility index (Phi) is 72.7. The Morgan fingerprint density at radius 3 is 0.889 bits per heavy atom. The van der Waals surface area contributed by atoms with Crippen molar-refractivity contribution in [3.05, 3.63) is 12.8 Å². The molecule has 0 aliphatic rings. The third kappa shape index (κ3) is 3360. The summed E-state index contributed by atoms with van der Waals surface area (Å²) in [6.07, 6.45) is 4.00. The maximum absolute atomic E-state index is 8.50. The second kappa shape index (κ2) is 40.5. The van der Waals surface area contributed by atoms with Gasteiger partial charge in [0, 0.05) is 0 Å². The van der Waals surface area contributed by atoms with Gasteiger partial charge in [0.05, 0.1) is 0 Å². The normalized spacial score (nSPS) is 4.89. The van der Waals surface area contributed by atoms with Crippen molar-refractivity contribution in [1.29, 1.82) is 0 Å². The molecule has 0 aromatic rings. The summed E-state index contributed by atoms with van der Waals surface area (Å²) in [5, 5.41) is 0. The average Bonchev–Trinajstić information content (AvgIpc) is 1.70. The van der Waals surface area contributed by atoms with Crippen molar-refractivity contribution in [2.24, 2.45) is 0 Å². The van der Waals surface area contributed by atoms with E-state index >= 15 is 0 Å². The molecule has 0 aliphatic carbocycles. The third-order valence-corrected chi connectivity index (χ3v) is 0. The standard InChI is InChI=1S/2C3H7.2O.Ti/c2*1-3-2;;;/h2*3H,1-2H3;;;/q2*-1;;;. The second-order valence-corrected chi connectivity index (χ2v) is 1.50. The van der Waals surface area contributed by atoms with Crippen molar-refractivity contribution in [3.63, 3.8) is 0 Å². The van der Waals surface area contributed by atoms with Crippen LogP contribution in [0.25, 0.3) is 0 Å². The molecule has 56 valence electrons. The van der Waals surface area contributed by atoms with Gasteiger partial charge in [-0.2, -0.15) is 27.7 Å². The first-order chi connectivity index (χ1) is 4.24. The summed E-state index contributed by atoms with van der Waals surface area (Å²) in [5.74, 6) is 0. The zero-order chi connectivity index (χ0) is 8.12.